The number of rotatable bonds is 15. The molecule has 1 saturated carbocycles. The maximum atomic E-state index is 12.5. The highest BCUT2D eigenvalue weighted by molar-refractivity contribution is 5.81. The molecule has 1 aliphatic heterocycles. The first-order chi connectivity index (χ1) is 56.0. The minimum atomic E-state index is 0.338. The van der Waals surface area contributed by atoms with Gasteiger partial charge in [-0.05, 0) is 272 Å². The molecule has 1 unspecified atom stereocenters. The molecule has 118 heavy (non-hydrogen) atoms. The quantitative estimate of drug-likeness (QED) is 0.0217. The third-order valence-corrected chi connectivity index (χ3v) is 17.2. The number of nitrogens with one attached hydrogen (secondary N) is 3. The normalized spacial score (nSPS) is 13.2. The van der Waals surface area contributed by atoms with Crippen molar-refractivity contribution in [2.45, 2.75) is 201 Å². The summed E-state index contributed by atoms with van der Waals surface area (Å²) in [4.78, 5) is 56.8. The van der Waals surface area contributed by atoms with E-state index in [9.17, 15) is 9.69 Å². The average Bonchev–Trinajstić information content (AvgIpc) is 1.11. The summed E-state index contributed by atoms with van der Waals surface area (Å²) in [6, 6.07) is 24.9. The van der Waals surface area contributed by atoms with Crippen molar-refractivity contribution in [3.05, 3.63) is 256 Å². The molecule has 0 spiro atoms. The topological polar surface area (TPSA) is 350 Å². The lowest BCUT2D eigenvalue weighted by Gasteiger charge is -2.26. The Morgan fingerprint density at radius 2 is 1.07 bits per heavy atom. The highest BCUT2D eigenvalue weighted by atomic mass is 19.2. The summed E-state index contributed by atoms with van der Waals surface area (Å²) in [6.45, 7) is 37.5. The second-order valence-corrected chi connectivity index (χ2v) is 29.1. The molecule has 0 bridgehead atoms. The molecule has 644 valence electrons. The summed E-state index contributed by atoms with van der Waals surface area (Å²) in [5.74, 6) is 3.98. The van der Waals surface area contributed by atoms with Gasteiger partial charge in [0.15, 0.2) is 0 Å². The number of aromatic nitrogens is 15. The first-order valence-electron chi connectivity index (χ1n) is 39.8. The van der Waals surface area contributed by atoms with Gasteiger partial charge in [-0.3, -0.25) is 30.7 Å². The van der Waals surface area contributed by atoms with Crippen LogP contribution in [0.4, 0.5) is 16.4 Å². The van der Waals surface area contributed by atoms with Crippen molar-refractivity contribution in [3.8, 4) is 0 Å². The zero-order valence-electron chi connectivity index (χ0n) is 75.1. The molecule has 9 N–H and O–H groups in total. The fraction of sp³-hybridized carbons (Fsp3) is 0.472. The van der Waals surface area contributed by atoms with Crippen molar-refractivity contribution in [1.82, 2.24) is 79.4 Å². The Morgan fingerprint density at radius 3 is 1.48 bits per heavy atom. The van der Waals surface area contributed by atoms with E-state index in [1.807, 2.05) is 209 Å². The van der Waals surface area contributed by atoms with Gasteiger partial charge in [0.2, 0.25) is 48.6 Å². The predicted molar refractivity (Wildman–Crippen MR) is 470 cm³/mol. The van der Waals surface area contributed by atoms with E-state index >= 15 is 0 Å². The number of halogens is 1. The monoisotopic (exact) mass is 1630 g/mol. The summed E-state index contributed by atoms with van der Waals surface area (Å²) < 4.78 is 25.1. The Hall–Kier alpha value is -10.8. The van der Waals surface area contributed by atoms with Gasteiger partial charge in [0.1, 0.15) is 18.0 Å². The summed E-state index contributed by atoms with van der Waals surface area (Å²) in [5.41, 5.74) is 27.7. The van der Waals surface area contributed by atoms with Gasteiger partial charge in [-0.2, -0.15) is 0 Å². The van der Waals surface area contributed by atoms with Crippen LogP contribution in [0.3, 0.4) is 0 Å². The summed E-state index contributed by atoms with van der Waals surface area (Å²) >= 11 is 0. The number of nitrogens with two attached hydrogens (primary N) is 2. The molecule has 0 radical (unpaired) electrons. The van der Waals surface area contributed by atoms with Gasteiger partial charge in [0.05, 0.1) is 47.0 Å². The van der Waals surface area contributed by atoms with Crippen LogP contribution in [0.2, 0.25) is 0 Å². The van der Waals surface area contributed by atoms with Crippen molar-refractivity contribution in [2.75, 3.05) is 87.2 Å². The van der Waals surface area contributed by atoms with Crippen LogP contribution >= 0.6 is 0 Å². The second kappa shape index (κ2) is 61.5. The minimum Gasteiger partial charge on any atom is -0.381 e. The van der Waals surface area contributed by atoms with Gasteiger partial charge in [-0.25, -0.2) is 49.8 Å². The van der Waals surface area contributed by atoms with Gasteiger partial charge in [-0.15, -0.1) is 0 Å². The lowest BCUT2D eigenvalue weighted by atomic mass is 9.85. The number of nitrogens with zero attached hydrogens (tertiary/aromatic N) is 19. The number of ether oxygens (including phenoxy) is 2. The second-order valence-electron chi connectivity index (χ2n) is 29.1. The van der Waals surface area contributed by atoms with Crippen molar-refractivity contribution >= 4 is 23.4 Å². The van der Waals surface area contributed by atoms with Crippen LogP contribution in [0.15, 0.2) is 160 Å². The van der Waals surface area contributed by atoms with Crippen LogP contribution < -0.4 is 31.0 Å². The molecular formula is C89H140FN24O4+3. The van der Waals surface area contributed by atoms with E-state index in [0.29, 0.717) is 41.2 Å². The number of nitrogen functional groups attached to an aromatic ring is 1. The van der Waals surface area contributed by atoms with Gasteiger partial charge in [-0.1, -0.05) is 20.8 Å². The van der Waals surface area contributed by atoms with E-state index < -0.39 is 0 Å². The Balaban J connectivity index is 0.000000645. The molecule has 2 aliphatic rings. The Morgan fingerprint density at radius 1 is 0.551 bits per heavy atom. The third-order valence-electron chi connectivity index (χ3n) is 17.2. The zero-order valence-corrected chi connectivity index (χ0v) is 75.1. The number of amidine groups is 1. The zero-order chi connectivity index (χ0) is 88.5. The van der Waals surface area contributed by atoms with Gasteiger partial charge < -0.3 is 46.4 Å². The molecular weight excluding hydrogens is 1490 g/mol. The molecule has 10 aromatic heterocycles. The Kier molecular flexibility index (Phi) is 54.8. The fourth-order valence-corrected chi connectivity index (χ4v) is 10.7. The van der Waals surface area contributed by atoms with Crippen molar-refractivity contribution < 1.29 is 38.6 Å². The first kappa shape index (κ1) is 105. The molecule has 2 fully saturated rings. The number of pyridine rings is 5. The van der Waals surface area contributed by atoms with E-state index in [4.69, 9.17) is 37.0 Å². The van der Waals surface area contributed by atoms with Gasteiger partial charge in [0, 0.05) is 174 Å². The van der Waals surface area contributed by atoms with Crippen LogP contribution in [0.1, 0.15) is 169 Å². The first-order valence-corrected chi connectivity index (χ1v) is 39.8. The smallest absolute Gasteiger partial charge is 0.248 e. The van der Waals surface area contributed by atoms with Crippen molar-refractivity contribution in [1.29, 1.82) is 10.8 Å². The molecule has 0 aromatic carbocycles. The van der Waals surface area contributed by atoms with Gasteiger partial charge in [0.25, 0.3) is 0 Å². The molecule has 11 heterocycles. The molecule has 1 aliphatic carbocycles. The van der Waals surface area contributed by atoms with Crippen LogP contribution in [-0.2, 0) is 48.5 Å². The third kappa shape index (κ3) is 51.3. The highest BCUT2D eigenvalue weighted by Gasteiger charge is 2.23. The van der Waals surface area contributed by atoms with Crippen LogP contribution in [0.25, 0.3) is 0 Å². The largest absolute Gasteiger partial charge is 0.381 e. The van der Waals surface area contributed by atoms with E-state index in [1.165, 1.54) is 41.0 Å². The van der Waals surface area contributed by atoms with Crippen molar-refractivity contribution in [2.24, 2.45) is 11.7 Å². The maximum absolute atomic E-state index is 12.5. The standard InChI is InChI=1S/C9H15N2O.C9H14N2.C9H17NO.C8H11FN.2C8H13N3.C8H12NO.C7H14N2O.C7H10N2.C6H8N2.C5H7N3.C5H6N2/c1-8-4-5-11(12)9(6-8)7-10(2)3;1-8-4-5-10-9(6-8)7-11(2)3;1-7(10)8-3-5-9(11-2)6-4-8;1-3-8-6-10(9)5-4-7(8)2;1-7-4-5-9-8(10-7)6-11(2)3;1-3-5-9-8-10-6-4-7(2)11-8;1-3-8-6-9(10)5-4-7(8)2;1-6(8)9-4-3-7(5-9)10-2;1-6-2-3-9-7(4-6)5-8;1-5-3-4-7-6(2)8-5;1-4-2-3-7-5(6)8-4;1-5-2-3-6-4-7-5/h4-6,12H,7H2,1-3H3;4-6H,7H2,1-3H3;8-10H,3-6H2,1-2H3;4-6H,3H2,1-2H3;4-5H,6H2,1-3H3;4,6H,3,5H2,1-2H3,(H,9,10,11);4-6,10H,3H2,1-2H3;7-8H,3-5H2,1-2H3;2-4H,5,8H2,1H3;3-4H,1-2H3;2-3H,1H3,(H2,6,7,8);2-4H,1H3/q+1;;;+1;;;+1;;;;;. The molecule has 0 amide bonds. The fourth-order valence-electron chi connectivity index (χ4n) is 10.7. The molecule has 28 nitrogen and oxygen atoms in total. The lowest BCUT2D eigenvalue weighted by molar-refractivity contribution is -0.910. The Labute approximate surface area is 703 Å². The number of methoxy groups -OCH3 is 2. The van der Waals surface area contributed by atoms with Gasteiger partial charge >= 0.3 is 0 Å². The number of anilines is 2. The lowest BCUT2D eigenvalue weighted by Crippen LogP contribution is -2.37. The molecule has 1 atom stereocenters. The average molecular weight is 1630 g/mol. The predicted octanol–water partition coefficient (Wildman–Crippen LogP) is 13.2. The summed E-state index contributed by atoms with van der Waals surface area (Å²) in [7, 11) is 15.6. The van der Waals surface area contributed by atoms with E-state index in [2.05, 4.69) is 102 Å². The number of hydrogen-bond acceptors (Lipinski definition) is 24. The minimum absolute atomic E-state index is 0.338. The molecule has 12 rings (SSSR count). The summed E-state index contributed by atoms with van der Waals surface area (Å²) in [6.07, 6.45) is 31.2. The molecule has 10 aromatic rings. The van der Waals surface area contributed by atoms with Crippen LogP contribution in [0.5, 0.6) is 0 Å². The summed E-state index contributed by atoms with van der Waals surface area (Å²) in [5, 5.41) is 36.3. The van der Waals surface area contributed by atoms with E-state index in [-0.39, 0.29) is 0 Å². The number of hydrogen-bond donors (Lipinski definition) is 7. The van der Waals surface area contributed by atoms with E-state index in [1.54, 1.807) is 82.1 Å². The van der Waals surface area contributed by atoms with E-state index in [0.717, 1.165) is 186 Å². The molecule has 1 saturated heterocycles. The molecule has 29 heteroatoms. The van der Waals surface area contributed by atoms with Crippen LogP contribution in [-0.4, -0.2) is 190 Å². The Bertz CT molecular complexity index is 4180. The number of likely N-dealkylation sites (tertiary alicyclic amines) is 1. The maximum Gasteiger partial charge on any atom is 0.248 e. The highest BCUT2D eigenvalue weighted by Crippen LogP contribution is 2.26. The SMILES string of the molecule is CCCNc1nccc(C)n1.CCc1c[n+](F)ccc1C.CCc1c[n+](O)ccc1C.COC1CCC(C(C)=N)CC1.COC1CCN(C(C)=N)C1.Cc1cc[n+](O)c(CN(C)C)c1.Cc1ccnc(C)n1.Cc1ccnc(CN(C)C)c1.Cc1ccnc(CN(C)C)n1.Cc1ccnc(CN)c1.Cc1ccnc(N)n1.Cc1ccncn1. The van der Waals surface area contributed by atoms with Crippen molar-refractivity contribution in [3.63, 3.8) is 0 Å². The van der Waals surface area contributed by atoms with Crippen LogP contribution in [0, 0.1) is 92.9 Å². The number of aryl methyl sites for hydroxylation is 13.